The minimum absolute atomic E-state index is 0.0718. The highest BCUT2D eigenvalue weighted by molar-refractivity contribution is 5.96. The molecule has 1 unspecified atom stereocenters. The van der Waals surface area contributed by atoms with Gasteiger partial charge in [-0.3, -0.25) is 4.79 Å². The molecule has 2 rings (SSSR count). The van der Waals surface area contributed by atoms with Crippen molar-refractivity contribution in [2.75, 3.05) is 25.5 Å². The molecule has 98 valence electrons. The van der Waals surface area contributed by atoms with E-state index in [0.29, 0.717) is 18.0 Å². The fraction of sp³-hybridized carbons (Fsp3) is 0.462. The lowest BCUT2D eigenvalue weighted by Gasteiger charge is -2.22. The van der Waals surface area contributed by atoms with Crippen LogP contribution in [0.2, 0.25) is 0 Å². The van der Waals surface area contributed by atoms with E-state index in [2.05, 4.69) is 10.6 Å². The third-order valence-electron chi connectivity index (χ3n) is 3.33. The molecular weight excluding hydrogens is 235 g/mol. The van der Waals surface area contributed by atoms with E-state index < -0.39 is 11.2 Å². The first-order chi connectivity index (χ1) is 8.55. The molecule has 0 saturated carbocycles. The van der Waals surface area contributed by atoms with E-state index >= 15 is 0 Å². The highest BCUT2D eigenvalue weighted by Gasteiger charge is 2.36. The lowest BCUT2D eigenvalue weighted by molar-refractivity contribution is -0.123. The molecule has 18 heavy (non-hydrogen) atoms. The van der Waals surface area contributed by atoms with Gasteiger partial charge in [-0.2, -0.15) is 0 Å². The van der Waals surface area contributed by atoms with Crippen LogP contribution in [-0.2, 0) is 4.79 Å². The third kappa shape index (κ3) is 2.46. The molecule has 0 aromatic heterocycles. The van der Waals surface area contributed by atoms with E-state index in [1.807, 2.05) is 6.92 Å². The third-order valence-corrected chi connectivity index (χ3v) is 3.33. The van der Waals surface area contributed by atoms with Crippen LogP contribution in [0.1, 0.15) is 13.3 Å². The first kappa shape index (κ1) is 12.8. The highest BCUT2D eigenvalue weighted by atomic mass is 19.1. The summed E-state index contributed by atoms with van der Waals surface area (Å²) in [6.07, 6.45) is 0.794. The molecule has 5 heteroatoms. The number of carbonyl (C=O) groups is 1. The Kier molecular flexibility index (Phi) is 3.52. The van der Waals surface area contributed by atoms with Crippen molar-refractivity contribution in [1.29, 1.82) is 0 Å². The molecule has 1 atom stereocenters. The number of nitrogens with one attached hydrogen (secondary N) is 2. The Hall–Kier alpha value is -1.62. The van der Waals surface area contributed by atoms with Gasteiger partial charge in [-0.1, -0.05) is 0 Å². The number of anilines is 1. The highest BCUT2D eigenvalue weighted by Crippen LogP contribution is 2.30. The average molecular weight is 252 g/mol. The van der Waals surface area contributed by atoms with Gasteiger partial charge in [0.15, 0.2) is 0 Å². The van der Waals surface area contributed by atoms with Gasteiger partial charge in [0.2, 0.25) is 5.91 Å². The number of halogens is 1. The quantitative estimate of drug-likeness (QED) is 0.862. The van der Waals surface area contributed by atoms with Crippen molar-refractivity contribution in [3.8, 4) is 5.75 Å². The molecule has 1 aliphatic heterocycles. The Bertz CT molecular complexity index is 456. The maximum atomic E-state index is 13.0. The maximum absolute atomic E-state index is 13.0. The van der Waals surface area contributed by atoms with E-state index in [1.54, 1.807) is 0 Å². The standard InChI is InChI=1S/C13H17FN2O2/c1-13(5-6-15-8-13)12(17)16-10-4-3-9(14)7-11(10)18-2/h3-4,7,15H,5-6,8H2,1-2H3,(H,16,17). The number of methoxy groups -OCH3 is 1. The van der Waals surface area contributed by atoms with Crippen molar-refractivity contribution in [2.24, 2.45) is 5.41 Å². The van der Waals surface area contributed by atoms with Crippen LogP contribution in [0.5, 0.6) is 5.75 Å². The van der Waals surface area contributed by atoms with Crippen LogP contribution in [0.15, 0.2) is 18.2 Å². The molecule has 1 aliphatic rings. The van der Waals surface area contributed by atoms with Crippen LogP contribution in [0.25, 0.3) is 0 Å². The van der Waals surface area contributed by atoms with E-state index in [9.17, 15) is 9.18 Å². The van der Waals surface area contributed by atoms with Gasteiger partial charge < -0.3 is 15.4 Å². The molecule has 1 saturated heterocycles. The minimum atomic E-state index is -0.417. The molecule has 1 heterocycles. The predicted octanol–water partition coefficient (Wildman–Crippen LogP) is 1.77. The van der Waals surface area contributed by atoms with Crippen LogP contribution >= 0.6 is 0 Å². The van der Waals surface area contributed by atoms with Crippen molar-refractivity contribution < 1.29 is 13.9 Å². The first-order valence-electron chi connectivity index (χ1n) is 5.91. The molecule has 0 spiro atoms. The van der Waals surface area contributed by atoms with Crippen molar-refractivity contribution in [2.45, 2.75) is 13.3 Å². The van der Waals surface area contributed by atoms with Crippen molar-refractivity contribution in [3.05, 3.63) is 24.0 Å². The Labute approximate surface area is 106 Å². The zero-order chi connectivity index (χ0) is 13.2. The summed E-state index contributed by atoms with van der Waals surface area (Å²) in [7, 11) is 1.45. The minimum Gasteiger partial charge on any atom is -0.494 e. The van der Waals surface area contributed by atoms with Crippen LogP contribution in [-0.4, -0.2) is 26.1 Å². The topological polar surface area (TPSA) is 50.4 Å². The van der Waals surface area contributed by atoms with Crippen molar-refractivity contribution >= 4 is 11.6 Å². The lowest BCUT2D eigenvalue weighted by Crippen LogP contribution is -2.35. The fourth-order valence-electron chi connectivity index (χ4n) is 2.05. The Morgan fingerprint density at radius 2 is 2.33 bits per heavy atom. The number of rotatable bonds is 3. The van der Waals surface area contributed by atoms with Gasteiger partial charge in [-0.15, -0.1) is 0 Å². The molecular formula is C13H17FN2O2. The van der Waals surface area contributed by atoms with Crippen LogP contribution in [0.4, 0.5) is 10.1 Å². The zero-order valence-electron chi connectivity index (χ0n) is 10.5. The summed E-state index contributed by atoms with van der Waals surface area (Å²) in [6, 6.07) is 4.07. The first-order valence-corrected chi connectivity index (χ1v) is 5.91. The van der Waals surface area contributed by atoms with E-state index in [0.717, 1.165) is 13.0 Å². The Morgan fingerprint density at radius 3 is 2.94 bits per heavy atom. The number of carbonyl (C=O) groups excluding carboxylic acids is 1. The average Bonchev–Trinajstić information content (AvgIpc) is 2.79. The number of amides is 1. The van der Waals surface area contributed by atoms with Gasteiger partial charge in [0.1, 0.15) is 11.6 Å². The lowest BCUT2D eigenvalue weighted by atomic mass is 9.88. The van der Waals surface area contributed by atoms with Gasteiger partial charge in [0, 0.05) is 12.6 Å². The molecule has 1 aromatic rings. The number of hydrogen-bond donors (Lipinski definition) is 2. The molecule has 2 N–H and O–H groups in total. The molecule has 1 fully saturated rings. The summed E-state index contributed by atoms with van der Waals surface area (Å²) in [5.41, 5.74) is 0.0800. The summed E-state index contributed by atoms with van der Waals surface area (Å²) >= 11 is 0. The summed E-state index contributed by atoms with van der Waals surface area (Å²) in [6.45, 7) is 3.41. The summed E-state index contributed by atoms with van der Waals surface area (Å²) in [5.74, 6) is -0.131. The summed E-state index contributed by atoms with van der Waals surface area (Å²) in [5, 5.41) is 5.97. The summed E-state index contributed by atoms with van der Waals surface area (Å²) in [4.78, 5) is 12.2. The number of benzene rings is 1. The van der Waals surface area contributed by atoms with Gasteiger partial charge in [0.05, 0.1) is 18.2 Å². The Morgan fingerprint density at radius 1 is 1.56 bits per heavy atom. The van der Waals surface area contributed by atoms with Crippen LogP contribution in [0, 0.1) is 11.2 Å². The predicted molar refractivity (Wildman–Crippen MR) is 67.2 cm³/mol. The fourth-order valence-corrected chi connectivity index (χ4v) is 2.05. The second kappa shape index (κ2) is 4.94. The molecule has 1 amide bonds. The monoisotopic (exact) mass is 252 g/mol. The molecule has 0 aliphatic carbocycles. The summed E-state index contributed by atoms with van der Waals surface area (Å²) < 4.78 is 18.1. The number of ether oxygens (including phenoxy) is 1. The van der Waals surface area contributed by atoms with Gasteiger partial charge in [0.25, 0.3) is 0 Å². The second-order valence-corrected chi connectivity index (χ2v) is 4.79. The van der Waals surface area contributed by atoms with Gasteiger partial charge in [-0.05, 0) is 32.0 Å². The second-order valence-electron chi connectivity index (χ2n) is 4.79. The van der Waals surface area contributed by atoms with E-state index in [4.69, 9.17) is 4.74 Å². The molecule has 4 nitrogen and oxygen atoms in total. The normalized spacial score (nSPS) is 22.8. The van der Waals surface area contributed by atoms with Gasteiger partial charge in [-0.25, -0.2) is 4.39 Å². The van der Waals surface area contributed by atoms with Crippen LogP contribution < -0.4 is 15.4 Å². The SMILES string of the molecule is COc1cc(F)ccc1NC(=O)C1(C)CCNC1. The smallest absolute Gasteiger partial charge is 0.231 e. The molecule has 0 bridgehead atoms. The van der Waals surface area contributed by atoms with Crippen molar-refractivity contribution in [3.63, 3.8) is 0 Å². The van der Waals surface area contributed by atoms with Gasteiger partial charge >= 0.3 is 0 Å². The van der Waals surface area contributed by atoms with E-state index in [1.165, 1.54) is 25.3 Å². The zero-order valence-corrected chi connectivity index (χ0v) is 10.5. The van der Waals surface area contributed by atoms with Crippen molar-refractivity contribution in [1.82, 2.24) is 5.32 Å². The van der Waals surface area contributed by atoms with E-state index in [-0.39, 0.29) is 5.91 Å². The Balaban J connectivity index is 2.16. The largest absolute Gasteiger partial charge is 0.494 e. The molecule has 0 radical (unpaired) electrons. The molecule has 1 aromatic carbocycles. The maximum Gasteiger partial charge on any atom is 0.231 e. The number of hydrogen-bond acceptors (Lipinski definition) is 3. The van der Waals surface area contributed by atoms with Crippen LogP contribution in [0.3, 0.4) is 0 Å².